The van der Waals surface area contributed by atoms with Gasteiger partial charge in [-0.15, -0.1) is 0 Å². The summed E-state index contributed by atoms with van der Waals surface area (Å²) in [6, 6.07) is 9.11. The van der Waals surface area contributed by atoms with Crippen molar-refractivity contribution in [2.75, 3.05) is 18.5 Å². The highest BCUT2D eigenvalue weighted by molar-refractivity contribution is 5.95. The van der Waals surface area contributed by atoms with Crippen LogP contribution in [0.5, 0.6) is 0 Å². The van der Waals surface area contributed by atoms with Crippen LogP contribution in [0.3, 0.4) is 0 Å². The van der Waals surface area contributed by atoms with Crippen molar-refractivity contribution in [2.45, 2.75) is 64.3 Å². The van der Waals surface area contributed by atoms with Gasteiger partial charge in [-0.3, -0.25) is 19.8 Å². The molecule has 4 rings (SSSR count). The molecule has 1 fully saturated rings. The van der Waals surface area contributed by atoms with Crippen molar-refractivity contribution >= 4 is 22.4 Å². The van der Waals surface area contributed by atoms with Crippen molar-refractivity contribution < 1.29 is 4.79 Å². The van der Waals surface area contributed by atoms with Gasteiger partial charge in [0.15, 0.2) is 0 Å². The highest BCUT2D eigenvalue weighted by Gasteiger charge is 2.29. The maximum absolute atomic E-state index is 12.4. The minimum absolute atomic E-state index is 0.109. The van der Waals surface area contributed by atoms with Gasteiger partial charge >= 0.3 is 0 Å². The Hall–Kier alpha value is -2.07. The molecule has 1 aromatic heterocycles. The monoisotopic (exact) mass is 365 g/mol. The van der Waals surface area contributed by atoms with E-state index in [2.05, 4.69) is 47.7 Å². The van der Waals surface area contributed by atoms with E-state index in [9.17, 15) is 4.79 Å². The summed E-state index contributed by atoms with van der Waals surface area (Å²) in [7, 11) is 0. The Morgan fingerprint density at radius 2 is 2.11 bits per heavy atom. The Labute approximate surface area is 162 Å². The third kappa shape index (κ3) is 3.96. The number of hydrogen-bond acceptors (Lipinski definition) is 2. The number of fused-ring (bicyclic) bond motifs is 2. The van der Waals surface area contributed by atoms with Gasteiger partial charge in [0.2, 0.25) is 5.91 Å². The van der Waals surface area contributed by atoms with E-state index < -0.39 is 0 Å². The van der Waals surface area contributed by atoms with Gasteiger partial charge in [-0.25, -0.2) is 0 Å². The van der Waals surface area contributed by atoms with Gasteiger partial charge in [-0.2, -0.15) is 0 Å². The maximum Gasteiger partial charge on any atom is 0.238 e. The molecule has 1 atom stereocenters. The zero-order valence-electron chi connectivity index (χ0n) is 16.4. The summed E-state index contributed by atoms with van der Waals surface area (Å²) in [5, 5.41) is 1.24. The molecule has 2 aromatic rings. The number of amides is 1. The van der Waals surface area contributed by atoms with Gasteiger partial charge in [0.05, 0.1) is 5.52 Å². The first-order chi connectivity index (χ1) is 13.3. The highest BCUT2D eigenvalue weighted by atomic mass is 16.2. The van der Waals surface area contributed by atoms with Crippen molar-refractivity contribution in [1.29, 1.82) is 0 Å². The molecule has 2 aliphatic heterocycles. The molecule has 1 aromatic carbocycles. The van der Waals surface area contributed by atoms with Crippen LogP contribution in [0.2, 0.25) is 0 Å². The van der Waals surface area contributed by atoms with Crippen molar-refractivity contribution in [1.82, 2.24) is 9.58 Å². The third-order valence-electron chi connectivity index (χ3n) is 6.09. The molecule has 0 radical (unpaired) electrons. The summed E-state index contributed by atoms with van der Waals surface area (Å²) in [6.45, 7) is 4.49. The van der Waals surface area contributed by atoms with Crippen molar-refractivity contribution in [2.24, 2.45) is 0 Å². The van der Waals surface area contributed by atoms with E-state index in [1.807, 2.05) is 10.7 Å². The van der Waals surface area contributed by atoms with Gasteiger partial charge in [-0.05, 0) is 43.9 Å². The van der Waals surface area contributed by atoms with Crippen LogP contribution in [-0.4, -0.2) is 34.6 Å². The number of nitrogens with one attached hydrogen (secondary N) is 1. The van der Waals surface area contributed by atoms with Gasteiger partial charge in [0.1, 0.15) is 0 Å². The Balaban J connectivity index is 1.54. The Morgan fingerprint density at radius 3 is 3.00 bits per heavy atom. The first kappa shape index (κ1) is 18.3. The van der Waals surface area contributed by atoms with Gasteiger partial charge in [0, 0.05) is 36.2 Å². The maximum atomic E-state index is 12.4. The van der Waals surface area contributed by atoms with Gasteiger partial charge < -0.3 is 0 Å². The van der Waals surface area contributed by atoms with E-state index in [4.69, 9.17) is 0 Å². The fourth-order valence-electron chi connectivity index (χ4n) is 4.58. The standard InChI is InChI=1S/C23H31N3O/c1-2-3-4-5-12-23(27)24-26-17-21(20-10-6-7-11-22(20)26)18-13-15-25-14-8-9-19(25)16-18/h6-7,10-11,13,17,19H,2-5,8-9,12,14-16H2,1H3,(H,24,27). The van der Waals surface area contributed by atoms with Crippen LogP contribution in [0.4, 0.5) is 0 Å². The highest BCUT2D eigenvalue weighted by Crippen LogP contribution is 2.35. The largest absolute Gasteiger partial charge is 0.296 e. The van der Waals surface area contributed by atoms with Crippen LogP contribution in [0.25, 0.3) is 16.5 Å². The molecule has 0 bridgehead atoms. The lowest BCUT2D eigenvalue weighted by atomic mass is 9.94. The smallest absolute Gasteiger partial charge is 0.238 e. The Kier molecular flexibility index (Phi) is 5.63. The minimum atomic E-state index is 0.109. The molecule has 1 N–H and O–H groups in total. The quantitative estimate of drug-likeness (QED) is 0.706. The number of carbonyl (C=O) groups is 1. The lowest BCUT2D eigenvalue weighted by Crippen LogP contribution is -2.32. The number of hydrogen-bond donors (Lipinski definition) is 1. The predicted molar refractivity (Wildman–Crippen MR) is 112 cm³/mol. The molecule has 4 heteroatoms. The van der Waals surface area contributed by atoms with Crippen LogP contribution >= 0.6 is 0 Å². The summed E-state index contributed by atoms with van der Waals surface area (Å²) in [5.41, 5.74) is 6.91. The first-order valence-corrected chi connectivity index (χ1v) is 10.6. The molecule has 1 saturated heterocycles. The van der Waals surface area contributed by atoms with E-state index in [0.29, 0.717) is 12.5 Å². The molecule has 0 spiro atoms. The molecule has 3 heterocycles. The molecule has 1 amide bonds. The van der Waals surface area contributed by atoms with Crippen LogP contribution in [0.15, 0.2) is 36.5 Å². The van der Waals surface area contributed by atoms with E-state index in [1.165, 1.54) is 48.8 Å². The van der Waals surface area contributed by atoms with Crippen molar-refractivity contribution in [3.63, 3.8) is 0 Å². The number of benzene rings is 1. The molecule has 0 aliphatic carbocycles. The van der Waals surface area contributed by atoms with E-state index >= 15 is 0 Å². The van der Waals surface area contributed by atoms with Crippen LogP contribution in [0.1, 0.15) is 63.9 Å². The topological polar surface area (TPSA) is 37.3 Å². The number of nitrogens with zero attached hydrogens (tertiary/aromatic N) is 2. The molecular formula is C23H31N3O. The first-order valence-electron chi connectivity index (χ1n) is 10.6. The molecule has 144 valence electrons. The van der Waals surface area contributed by atoms with Crippen molar-refractivity contribution in [3.05, 3.63) is 42.1 Å². The lowest BCUT2D eigenvalue weighted by molar-refractivity contribution is -0.117. The molecular weight excluding hydrogens is 334 g/mol. The van der Waals surface area contributed by atoms with Gasteiger partial charge in [-0.1, -0.05) is 50.5 Å². The predicted octanol–water partition coefficient (Wildman–Crippen LogP) is 4.93. The number of carbonyl (C=O) groups excluding carboxylic acids is 1. The van der Waals surface area contributed by atoms with Crippen LogP contribution in [-0.2, 0) is 4.79 Å². The fourth-order valence-corrected chi connectivity index (χ4v) is 4.58. The normalized spacial score (nSPS) is 19.9. The third-order valence-corrected chi connectivity index (χ3v) is 6.09. The zero-order chi connectivity index (χ0) is 18.6. The summed E-state index contributed by atoms with van der Waals surface area (Å²) >= 11 is 0. The number of para-hydroxylation sites is 1. The molecule has 4 nitrogen and oxygen atoms in total. The molecule has 27 heavy (non-hydrogen) atoms. The summed E-state index contributed by atoms with van der Waals surface area (Å²) in [4.78, 5) is 15.0. The second-order valence-electron chi connectivity index (χ2n) is 8.00. The average Bonchev–Trinajstić information content (AvgIpc) is 3.30. The summed E-state index contributed by atoms with van der Waals surface area (Å²) in [5.74, 6) is 0.109. The summed E-state index contributed by atoms with van der Waals surface area (Å²) < 4.78 is 1.94. The molecule has 1 unspecified atom stereocenters. The molecule has 0 saturated carbocycles. The number of rotatable bonds is 7. The van der Waals surface area contributed by atoms with Crippen molar-refractivity contribution in [3.8, 4) is 0 Å². The Morgan fingerprint density at radius 1 is 1.22 bits per heavy atom. The zero-order valence-corrected chi connectivity index (χ0v) is 16.4. The lowest BCUT2D eigenvalue weighted by Gasteiger charge is -2.29. The van der Waals surface area contributed by atoms with E-state index in [1.54, 1.807) is 0 Å². The van der Waals surface area contributed by atoms with Crippen LogP contribution < -0.4 is 5.43 Å². The molecule has 2 aliphatic rings. The number of aromatic nitrogens is 1. The minimum Gasteiger partial charge on any atom is -0.296 e. The SMILES string of the molecule is CCCCCCC(=O)Nn1cc(C2=CCN3CCCC3C2)c2ccccc21. The number of unbranched alkanes of at least 4 members (excludes halogenated alkanes) is 3. The van der Waals surface area contributed by atoms with Crippen LogP contribution in [0, 0.1) is 0 Å². The Bertz CT molecular complexity index is 835. The second kappa shape index (κ2) is 8.30. The second-order valence-corrected chi connectivity index (χ2v) is 8.00. The fraction of sp³-hybridized carbons (Fsp3) is 0.522. The van der Waals surface area contributed by atoms with E-state index in [0.717, 1.165) is 31.3 Å². The summed E-state index contributed by atoms with van der Waals surface area (Å²) in [6.07, 6.45) is 13.4. The van der Waals surface area contributed by atoms with Gasteiger partial charge in [0.25, 0.3) is 0 Å². The average molecular weight is 366 g/mol. The van der Waals surface area contributed by atoms with E-state index in [-0.39, 0.29) is 5.91 Å².